The van der Waals surface area contributed by atoms with Gasteiger partial charge in [0.2, 0.25) is 0 Å². The molecule has 0 atom stereocenters. The highest BCUT2D eigenvalue weighted by Crippen LogP contribution is 2.25. The summed E-state index contributed by atoms with van der Waals surface area (Å²) in [5.41, 5.74) is 3.17. The fourth-order valence-electron chi connectivity index (χ4n) is 2.17. The lowest BCUT2D eigenvalue weighted by Crippen LogP contribution is -2.05. The van der Waals surface area contributed by atoms with Crippen molar-refractivity contribution in [2.24, 2.45) is 0 Å². The maximum absolute atomic E-state index is 12.6. The number of hydrogen-bond acceptors (Lipinski definition) is 3. The van der Waals surface area contributed by atoms with E-state index in [2.05, 4.69) is 0 Å². The smallest absolute Gasteiger partial charge is 0.196 e. The molecule has 3 heteroatoms. The Bertz CT molecular complexity index is 645. The zero-order valence-corrected chi connectivity index (χ0v) is 12.2. The topological polar surface area (TPSA) is 35.5 Å². The number of ether oxygens (including phenoxy) is 2. The Morgan fingerprint density at radius 3 is 2.15 bits per heavy atom. The zero-order valence-electron chi connectivity index (χ0n) is 12.2. The van der Waals surface area contributed by atoms with Crippen LogP contribution in [0, 0.1) is 13.8 Å². The van der Waals surface area contributed by atoms with E-state index in [0.717, 1.165) is 16.9 Å². The van der Waals surface area contributed by atoms with Crippen LogP contribution in [0.3, 0.4) is 0 Å². The highest BCUT2D eigenvalue weighted by Gasteiger charge is 2.15. The van der Waals surface area contributed by atoms with Crippen LogP contribution in [0.1, 0.15) is 27.0 Å². The number of benzene rings is 2. The highest BCUT2D eigenvalue weighted by atomic mass is 16.5. The molecule has 3 nitrogen and oxygen atoms in total. The van der Waals surface area contributed by atoms with E-state index >= 15 is 0 Å². The van der Waals surface area contributed by atoms with Crippen molar-refractivity contribution in [1.82, 2.24) is 0 Å². The monoisotopic (exact) mass is 270 g/mol. The van der Waals surface area contributed by atoms with E-state index in [9.17, 15) is 4.79 Å². The Hall–Kier alpha value is -2.29. The third-order valence-corrected chi connectivity index (χ3v) is 3.26. The molecular weight excluding hydrogens is 252 g/mol. The van der Waals surface area contributed by atoms with Gasteiger partial charge in [-0.05, 0) is 49.7 Å². The van der Waals surface area contributed by atoms with Gasteiger partial charge in [0.05, 0.1) is 19.8 Å². The number of carbonyl (C=O) groups excluding carboxylic acids is 1. The van der Waals surface area contributed by atoms with Gasteiger partial charge >= 0.3 is 0 Å². The molecule has 0 aliphatic carbocycles. The number of methoxy groups -OCH3 is 2. The van der Waals surface area contributed by atoms with Gasteiger partial charge in [0, 0.05) is 5.56 Å². The van der Waals surface area contributed by atoms with Crippen LogP contribution in [-0.2, 0) is 0 Å². The minimum atomic E-state index is -0.0451. The van der Waals surface area contributed by atoms with Crippen LogP contribution in [0.15, 0.2) is 36.4 Å². The van der Waals surface area contributed by atoms with Crippen molar-refractivity contribution in [1.29, 1.82) is 0 Å². The van der Waals surface area contributed by atoms with Gasteiger partial charge in [0.15, 0.2) is 5.78 Å². The molecule has 0 spiro atoms. The van der Waals surface area contributed by atoms with Crippen LogP contribution in [0.2, 0.25) is 0 Å². The summed E-state index contributed by atoms with van der Waals surface area (Å²) in [5, 5.41) is 0. The number of aryl methyl sites for hydroxylation is 2. The Balaban J connectivity index is 2.46. The summed E-state index contributed by atoms with van der Waals surface area (Å²) in [7, 11) is 3.19. The summed E-state index contributed by atoms with van der Waals surface area (Å²) in [5.74, 6) is 1.32. The Morgan fingerprint density at radius 2 is 1.55 bits per heavy atom. The summed E-state index contributed by atoms with van der Waals surface area (Å²) in [6.07, 6.45) is 0. The zero-order chi connectivity index (χ0) is 14.7. The SMILES string of the molecule is COc1ccc(C(=O)c2cc(C)ccc2OC)cc1C. The Morgan fingerprint density at radius 1 is 0.900 bits per heavy atom. The van der Waals surface area contributed by atoms with Gasteiger partial charge in [-0.25, -0.2) is 0 Å². The van der Waals surface area contributed by atoms with E-state index in [4.69, 9.17) is 9.47 Å². The lowest BCUT2D eigenvalue weighted by atomic mass is 9.99. The molecule has 0 aliphatic heterocycles. The van der Waals surface area contributed by atoms with E-state index < -0.39 is 0 Å². The molecule has 0 aliphatic rings. The first-order chi connectivity index (χ1) is 9.56. The second-order valence-electron chi connectivity index (χ2n) is 4.72. The quantitative estimate of drug-likeness (QED) is 0.797. The molecule has 2 aromatic carbocycles. The molecule has 0 heterocycles. The van der Waals surface area contributed by atoms with Crippen LogP contribution in [0.5, 0.6) is 11.5 Å². The molecule has 0 unspecified atom stereocenters. The lowest BCUT2D eigenvalue weighted by Gasteiger charge is -2.10. The van der Waals surface area contributed by atoms with Gasteiger partial charge in [0.1, 0.15) is 11.5 Å². The van der Waals surface area contributed by atoms with Crippen LogP contribution in [-0.4, -0.2) is 20.0 Å². The van der Waals surface area contributed by atoms with Crippen molar-refractivity contribution < 1.29 is 14.3 Å². The third kappa shape index (κ3) is 2.67. The van der Waals surface area contributed by atoms with Gasteiger partial charge < -0.3 is 9.47 Å². The average molecular weight is 270 g/mol. The molecule has 0 N–H and O–H groups in total. The summed E-state index contributed by atoms with van der Waals surface area (Å²) in [4.78, 5) is 12.6. The number of ketones is 1. The fourth-order valence-corrected chi connectivity index (χ4v) is 2.17. The predicted molar refractivity (Wildman–Crippen MR) is 78.9 cm³/mol. The van der Waals surface area contributed by atoms with Crippen molar-refractivity contribution >= 4 is 5.78 Å². The van der Waals surface area contributed by atoms with Gasteiger partial charge in [-0.15, -0.1) is 0 Å². The van der Waals surface area contributed by atoms with Gasteiger partial charge in [0.25, 0.3) is 0 Å². The molecule has 0 fully saturated rings. The molecule has 0 aromatic heterocycles. The summed E-state index contributed by atoms with van der Waals surface area (Å²) >= 11 is 0. The minimum absolute atomic E-state index is 0.0451. The summed E-state index contributed by atoms with van der Waals surface area (Å²) in [6.45, 7) is 3.87. The summed E-state index contributed by atoms with van der Waals surface area (Å²) < 4.78 is 10.5. The molecule has 0 saturated heterocycles. The standard InChI is InChI=1S/C17H18O3/c1-11-5-7-16(20-4)14(9-11)17(18)13-6-8-15(19-3)12(2)10-13/h5-10H,1-4H3. The van der Waals surface area contributed by atoms with Crippen molar-refractivity contribution in [3.8, 4) is 11.5 Å². The van der Waals surface area contributed by atoms with Crippen molar-refractivity contribution in [3.63, 3.8) is 0 Å². The maximum atomic E-state index is 12.6. The number of hydrogen-bond donors (Lipinski definition) is 0. The van der Waals surface area contributed by atoms with Gasteiger partial charge in [-0.3, -0.25) is 4.79 Å². The highest BCUT2D eigenvalue weighted by molar-refractivity contribution is 6.11. The van der Waals surface area contributed by atoms with Crippen molar-refractivity contribution in [2.75, 3.05) is 14.2 Å². The molecule has 2 rings (SSSR count). The molecule has 2 aromatic rings. The normalized spacial score (nSPS) is 10.2. The van der Waals surface area contributed by atoms with E-state index in [-0.39, 0.29) is 5.78 Å². The first-order valence-electron chi connectivity index (χ1n) is 6.40. The first kappa shape index (κ1) is 14.1. The van der Waals surface area contributed by atoms with E-state index in [1.165, 1.54) is 0 Å². The van der Waals surface area contributed by atoms with Crippen molar-refractivity contribution in [3.05, 3.63) is 58.7 Å². The van der Waals surface area contributed by atoms with Crippen LogP contribution >= 0.6 is 0 Å². The van der Waals surface area contributed by atoms with E-state index in [1.807, 2.05) is 44.2 Å². The number of rotatable bonds is 4. The fraction of sp³-hybridized carbons (Fsp3) is 0.235. The van der Waals surface area contributed by atoms with Gasteiger partial charge in [-0.2, -0.15) is 0 Å². The molecule has 0 amide bonds. The van der Waals surface area contributed by atoms with Crippen LogP contribution in [0.25, 0.3) is 0 Å². The molecule has 104 valence electrons. The number of carbonyl (C=O) groups is 1. The van der Waals surface area contributed by atoms with E-state index in [1.54, 1.807) is 20.3 Å². The van der Waals surface area contributed by atoms with Crippen LogP contribution in [0.4, 0.5) is 0 Å². The Labute approximate surface area is 119 Å². The maximum Gasteiger partial charge on any atom is 0.196 e. The largest absolute Gasteiger partial charge is 0.496 e. The van der Waals surface area contributed by atoms with E-state index in [0.29, 0.717) is 16.9 Å². The molecule has 20 heavy (non-hydrogen) atoms. The predicted octanol–water partition coefficient (Wildman–Crippen LogP) is 3.55. The lowest BCUT2D eigenvalue weighted by molar-refractivity contribution is 0.103. The van der Waals surface area contributed by atoms with Gasteiger partial charge in [-0.1, -0.05) is 11.6 Å². The average Bonchev–Trinajstić information content (AvgIpc) is 2.46. The molecule has 0 saturated carbocycles. The van der Waals surface area contributed by atoms with Crippen molar-refractivity contribution in [2.45, 2.75) is 13.8 Å². The Kier molecular flexibility index (Phi) is 4.08. The van der Waals surface area contributed by atoms with Crippen LogP contribution < -0.4 is 9.47 Å². The second-order valence-corrected chi connectivity index (χ2v) is 4.72. The first-order valence-corrected chi connectivity index (χ1v) is 6.40. The third-order valence-electron chi connectivity index (χ3n) is 3.26. The molecular formula is C17H18O3. The second kappa shape index (κ2) is 5.78. The summed E-state index contributed by atoms with van der Waals surface area (Å²) in [6, 6.07) is 11.0. The minimum Gasteiger partial charge on any atom is -0.496 e. The molecule has 0 radical (unpaired) electrons. The molecule has 0 bridgehead atoms.